The molecule has 0 fully saturated rings. The summed E-state index contributed by atoms with van der Waals surface area (Å²) in [6.45, 7) is 8.43. The number of rotatable bonds is 5. The average Bonchev–Trinajstić information content (AvgIpc) is 2.53. The van der Waals surface area contributed by atoms with Crippen LogP contribution in [0, 0.1) is 13.8 Å². The van der Waals surface area contributed by atoms with Gasteiger partial charge in [0.2, 0.25) is 11.9 Å². The summed E-state index contributed by atoms with van der Waals surface area (Å²) in [4.78, 5) is 21.1. The number of hydrogen-bond donors (Lipinski definition) is 2. The topological polar surface area (TPSA) is 76.1 Å². The molecule has 0 saturated carbocycles. The molecule has 0 unspecified atom stereocenters. The highest BCUT2D eigenvalue weighted by molar-refractivity contribution is 5.77. The maximum absolute atomic E-state index is 12.4. The number of carbonyl (C=O) groups excluding carboxylic acids is 1. The van der Waals surface area contributed by atoms with Gasteiger partial charge in [0.1, 0.15) is 11.4 Å². The van der Waals surface area contributed by atoms with Crippen LogP contribution in [0.2, 0.25) is 0 Å². The first kappa shape index (κ1) is 18.2. The molecule has 1 aromatic heterocycles. The van der Waals surface area contributed by atoms with E-state index in [0.717, 1.165) is 29.1 Å². The number of amides is 1. The molecule has 1 aliphatic rings. The molecule has 26 heavy (non-hydrogen) atoms. The van der Waals surface area contributed by atoms with Gasteiger partial charge < -0.3 is 15.4 Å². The third kappa shape index (κ3) is 4.50. The molecule has 138 valence electrons. The van der Waals surface area contributed by atoms with Crippen molar-refractivity contribution >= 4 is 11.9 Å². The highest BCUT2D eigenvalue weighted by Gasteiger charge is 2.34. The monoisotopic (exact) mass is 354 g/mol. The highest BCUT2D eigenvalue weighted by Crippen LogP contribution is 2.39. The molecule has 1 aliphatic heterocycles. The fourth-order valence-corrected chi connectivity index (χ4v) is 3.29. The second kappa shape index (κ2) is 7.32. The molecule has 0 aliphatic carbocycles. The summed E-state index contributed by atoms with van der Waals surface area (Å²) in [5, 5.41) is 6.26. The van der Waals surface area contributed by atoms with E-state index in [1.54, 1.807) is 0 Å². The molecule has 2 heterocycles. The van der Waals surface area contributed by atoms with Crippen LogP contribution in [-0.4, -0.2) is 28.0 Å². The van der Waals surface area contributed by atoms with Crippen LogP contribution < -0.4 is 15.4 Å². The number of aromatic nitrogens is 2. The molecule has 1 aromatic carbocycles. The maximum atomic E-state index is 12.4. The van der Waals surface area contributed by atoms with E-state index in [-0.39, 0.29) is 17.6 Å². The number of benzene rings is 1. The molecule has 0 spiro atoms. The average molecular weight is 354 g/mol. The summed E-state index contributed by atoms with van der Waals surface area (Å²) in [5.41, 5.74) is 2.54. The van der Waals surface area contributed by atoms with Gasteiger partial charge in [-0.15, -0.1) is 0 Å². The van der Waals surface area contributed by atoms with Crippen molar-refractivity contribution in [3.8, 4) is 5.75 Å². The molecule has 1 amide bonds. The number of hydrogen-bond acceptors (Lipinski definition) is 5. The van der Waals surface area contributed by atoms with E-state index in [1.165, 1.54) is 0 Å². The van der Waals surface area contributed by atoms with Crippen molar-refractivity contribution in [3.63, 3.8) is 0 Å². The summed E-state index contributed by atoms with van der Waals surface area (Å²) in [7, 11) is 0. The molecule has 3 rings (SSSR count). The zero-order valence-electron chi connectivity index (χ0n) is 15.8. The molecule has 2 N–H and O–H groups in total. The predicted octanol–water partition coefficient (Wildman–Crippen LogP) is 3.31. The number of aryl methyl sites for hydroxylation is 2. The SMILES string of the molecule is Cc1cc(C)nc(NCCC(=O)N[C@@H]2CC(C)(C)Oc3ccccc32)n1. The Morgan fingerprint density at radius 2 is 1.92 bits per heavy atom. The Balaban J connectivity index is 1.58. The van der Waals surface area contributed by atoms with Gasteiger partial charge in [-0.1, -0.05) is 18.2 Å². The van der Waals surface area contributed by atoms with Crippen LogP contribution in [0.3, 0.4) is 0 Å². The van der Waals surface area contributed by atoms with Crippen LogP contribution in [0.4, 0.5) is 5.95 Å². The van der Waals surface area contributed by atoms with E-state index < -0.39 is 0 Å². The third-order valence-corrected chi connectivity index (χ3v) is 4.33. The number of anilines is 1. The van der Waals surface area contributed by atoms with E-state index in [2.05, 4.69) is 20.6 Å². The Morgan fingerprint density at radius 3 is 2.65 bits per heavy atom. The van der Waals surface area contributed by atoms with Crippen molar-refractivity contribution in [2.75, 3.05) is 11.9 Å². The van der Waals surface area contributed by atoms with Crippen LogP contribution in [-0.2, 0) is 4.79 Å². The lowest BCUT2D eigenvalue weighted by Crippen LogP contribution is -2.41. The molecular weight excluding hydrogens is 328 g/mol. The van der Waals surface area contributed by atoms with Crippen LogP contribution in [0.5, 0.6) is 5.75 Å². The number of ether oxygens (including phenoxy) is 1. The molecule has 0 radical (unpaired) electrons. The summed E-state index contributed by atoms with van der Waals surface area (Å²) >= 11 is 0. The lowest BCUT2D eigenvalue weighted by Gasteiger charge is -2.37. The summed E-state index contributed by atoms with van der Waals surface area (Å²) in [6.07, 6.45) is 1.10. The first-order valence-corrected chi connectivity index (χ1v) is 8.96. The van der Waals surface area contributed by atoms with Crippen molar-refractivity contribution in [2.45, 2.75) is 52.2 Å². The normalized spacial score (nSPS) is 17.8. The van der Waals surface area contributed by atoms with Gasteiger partial charge in [-0.25, -0.2) is 9.97 Å². The van der Waals surface area contributed by atoms with Gasteiger partial charge in [0.25, 0.3) is 0 Å². The molecule has 0 bridgehead atoms. The molecule has 6 heteroatoms. The van der Waals surface area contributed by atoms with E-state index in [0.29, 0.717) is 18.9 Å². The zero-order chi connectivity index (χ0) is 18.7. The van der Waals surface area contributed by atoms with E-state index in [9.17, 15) is 4.79 Å². The Hall–Kier alpha value is -2.63. The van der Waals surface area contributed by atoms with Crippen molar-refractivity contribution in [3.05, 3.63) is 47.3 Å². The smallest absolute Gasteiger partial charge is 0.223 e. The Labute approximate surface area is 154 Å². The van der Waals surface area contributed by atoms with E-state index >= 15 is 0 Å². The minimum Gasteiger partial charge on any atom is -0.487 e. The minimum atomic E-state index is -0.308. The van der Waals surface area contributed by atoms with Crippen molar-refractivity contribution in [2.24, 2.45) is 0 Å². The van der Waals surface area contributed by atoms with Crippen LogP contribution in [0.25, 0.3) is 0 Å². The molecule has 1 atom stereocenters. The molecule has 0 saturated heterocycles. The lowest BCUT2D eigenvalue weighted by molar-refractivity contribution is -0.122. The quantitative estimate of drug-likeness (QED) is 0.861. The van der Waals surface area contributed by atoms with Crippen LogP contribution in [0.1, 0.15) is 49.7 Å². The van der Waals surface area contributed by atoms with Crippen molar-refractivity contribution in [1.82, 2.24) is 15.3 Å². The van der Waals surface area contributed by atoms with Gasteiger partial charge in [-0.2, -0.15) is 0 Å². The number of nitrogens with one attached hydrogen (secondary N) is 2. The fraction of sp³-hybridized carbons (Fsp3) is 0.450. The first-order valence-electron chi connectivity index (χ1n) is 8.96. The Bertz CT molecular complexity index is 784. The van der Waals surface area contributed by atoms with Crippen molar-refractivity contribution < 1.29 is 9.53 Å². The predicted molar refractivity (Wildman–Crippen MR) is 101 cm³/mol. The number of carbonyl (C=O) groups is 1. The lowest BCUT2D eigenvalue weighted by atomic mass is 9.89. The molecular formula is C20H26N4O2. The summed E-state index contributed by atoms with van der Waals surface area (Å²) in [5.74, 6) is 1.41. The second-order valence-corrected chi connectivity index (χ2v) is 7.37. The molecule has 6 nitrogen and oxygen atoms in total. The van der Waals surface area contributed by atoms with Crippen LogP contribution in [0.15, 0.2) is 30.3 Å². The summed E-state index contributed by atoms with van der Waals surface area (Å²) < 4.78 is 6.01. The van der Waals surface area contributed by atoms with Gasteiger partial charge >= 0.3 is 0 Å². The minimum absolute atomic E-state index is 0.000576. The standard InChI is InChI=1S/C20H26N4O2/c1-13-11-14(2)23-19(22-13)21-10-9-18(25)24-16-12-20(3,4)26-17-8-6-5-7-15(16)17/h5-8,11,16H,9-10,12H2,1-4H3,(H,24,25)(H,21,22,23)/t16-/m1/s1. The fourth-order valence-electron chi connectivity index (χ4n) is 3.29. The third-order valence-electron chi connectivity index (χ3n) is 4.33. The van der Waals surface area contributed by atoms with E-state index in [4.69, 9.17) is 4.74 Å². The van der Waals surface area contributed by atoms with Gasteiger partial charge in [0.15, 0.2) is 0 Å². The van der Waals surface area contributed by atoms with Gasteiger partial charge in [0, 0.05) is 36.3 Å². The number of fused-ring (bicyclic) bond motifs is 1. The zero-order valence-corrected chi connectivity index (χ0v) is 15.8. The van der Waals surface area contributed by atoms with Gasteiger partial charge in [-0.05, 0) is 39.8 Å². The van der Waals surface area contributed by atoms with Crippen molar-refractivity contribution in [1.29, 1.82) is 0 Å². The highest BCUT2D eigenvalue weighted by atomic mass is 16.5. The van der Waals surface area contributed by atoms with Crippen LogP contribution >= 0.6 is 0 Å². The summed E-state index contributed by atoms with van der Waals surface area (Å²) in [6, 6.07) is 9.76. The first-order chi connectivity index (χ1) is 12.3. The Kier molecular flexibility index (Phi) is 5.11. The Morgan fingerprint density at radius 1 is 1.23 bits per heavy atom. The molecule has 2 aromatic rings. The number of para-hydroxylation sites is 1. The maximum Gasteiger partial charge on any atom is 0.223 e. The van der Waals surface area contributed by atoms with Gasteiger partial charge in [-0.3, -0.25) is 4.79 Å². The largest absolute Gasteiger partial charge is 0.487 e. The van der Waals surface area contributed by atoms with E-state index in [1.807, 2.05) is 58.0 Å². The second-order valence-electron chi connectivity index (χ2n) is 7.37. The van der Waals surface area contributed by atoms with Gasteiger partial charge in [0.05, 0.1) is 6.04 Å². The number of nitrogens with zero attached hydrogens (tertiary/aromatic N) is 2.